The number of amidine groups is 1. The van der Waals surface area contributed by atoms with Crippen molar-refractivity contribution in [3.63, 3.8) is 0 Å². The van der Waals surface area contributed by atoms with Crippen LogP contribution in [-0.4, -0.2) is 69.4 Å². The number of benzene rings is 3. The van der Waals surface area contributed by atoms with Crippen LogP contribution < -0.4 is 25.1 Å². The van der Waals surface area contributed by atoms with Gasteiger partial charge < -0.3 is 30.1 Å². The van der Waals surface area contributed by atoms with Crippen molar-refractivity contribution in [2.45, 2.75) is 135 Å². The molecule has 11 nitrogen and oxygen atoms in total. The van der Waals surface area contributed by atoms with Crippen LogP contribution in [0.25, 0.3) is 0 Å². The summed E-state index contributed by atoms with van der Waals surface area (Å²) in [4.78, 5) is 44.0. The molecule has 3 aromatic rings. The number of phenols is 1. The predicted molar refractivity (Wildman–Crippen MR) is 260 cm³/mol. The highest BCUT2D eigenvalue weighted by molar-refractivity contribution is 8.24. The quantitative estimate of drug-likeness (QED) is 0.0665. The number of halogens is 2. The maximum atomic E-state index is 14.1. The molecule has 0 aromatic heterocycles. The van der Waals surface area contributed by atoms with Crippen LogP contribution in [0, 0.1) is 0 Å². The van der Waals surface area contributed by atoms with Crippen molar-refractivity contribution >= 4 is 86.4 Å². The van der Waals surface area contributed by atoms with E-state index in [2.05, 4.69) is 22.7 Å². The molecule has 0 spiro atoms. The molecule has 0 bridgehead atoms. The zero-order chi connectivity index (χ0) is 45.4. The molecule has 3 amide bonds. The van der Waals surface area contributed by atoms with Gasteiger partial charge in [-0.15, -0.1) is 5.10 Å². The molecule has 0 fully saturated rings. The van der Waals surface area contributed by atoms with Crippen molar-refractivity contribution in [2.24, 2.45) is 5.10 Å². The van der Waals surface area contributed by atoms with E-state index in [0.29, 0.717) is 46.6 Å². The molecule has 2 atom stereocenters. The van der Waals surface area contributed by atoms with Gasteiger partial charge in [0.25, 0.3) is 17.7 Å². The third-order valence-electron chi connectivity index (χ3n) is 10.5. The van der Waals surface area contributed by atoms with E-state index in [9.17, 15) is 19.5 Å². The lowest BCUT2D eigenvalue weighted by Crippen LogP contribution is -2.41. The summed E-state index contributed by atoms with van der Waals surface area (Å²) in [5, 5.41) is 21.2. The zero-order valence-corrected chi connectivity index (χ0v) is 40.3. The highest BCUT2D eigenvalue weighted by atomic mass is 35.5. The van der Waals surface area contributed by atoms with Gasteiger partial charge in [-0.25, -0.2) is 0 Å². The number of thiocarbonyl (C=S) groups is 1. The second kappa shape index (κ2) is 24.7. The van der Waals surface area contributed by atoms with Crippen LogP contribution in [0.5, 0.6) is 17.2 Å². The Morgan fingerprint density at radius 1 is 0.903 bits per heavy atom. The van der Waals surface area contributed by atoms with Gasteiger partial charge in [-0.1, -0.05) is 146 Å². The third-order valence-corrected chi connectivity index (χ3v) is 12.7. The molecule has 1 heterocycles. The molecular weight excluding hydrogens is 866 g/mol. The summed E-state index contributed by atoms with van der Waals surface area (Å²) in [6.45, 7) is 13.6. The second-order valence-electron chi connectivity index (χ2n) is 16.4. The minimum Gasteiger partial charge on any atom is -0.508 e. The first kappa shape index (κ1) is 50.6. The Kier molecular flexibility index (Phi) is 20.2. The van der Waals surface area contributed by atoms with E-state index in [0.717, 1.165) is 48.9 Å². The highest BCUT2D eigenvalue weighted by Gasteiger charge is 2.41. The number of methoxy groups -OCH3 is 1. The molecule has 1 aliphatic heterocycles. The van der Waals surface area contributed by atoms with Crippen molar-refractivity contribution < 1.29 is 29.0 Å². The molecule has 0 saturated heterocycles. The number of carbonyl (C=O) groups excluding carboxylic acids is 3. The van der Waals surface area contributed by atoms with Crippen molar-refractivity contribution in [3.05, 3.63) is 75.8 Å². The van der Waals surface area contributed by atoms with Gasteiger partial charge >= 0.3 is 0 Å². The van der Waals surface area contributed by atoms with Crippen LogP contribution >= 0.6 is 47.2 Å². The first-order valence-electron chi connectivity index (χ1n) is 21.7. The molecule has 0 saturated carbocycles. The molecule has 4 rings (SSSR count). The summed E-state index contributed by atoms with van der Waals surface area (Å²) in [5.41, 5.74) is 1.10. The maximum absolute atomic E-state index is 14.1. The number of unbranched alkanes of at least 4 members (excludes halogenated alkanes) is 9. The van der Waals surface area contributed by atoms with Gasteiger partial charge in [0, 0.05) is 42.0 Å². The zero-order valence-electron chi connectivity index (χ0n) is 37.2. The van der Waals surface area contributed by atoms with Crippen LogP contribution in [0.4, 0.5) is 11.4 Å². The second-order valence-corrected chi connectivity index (χ2v) is 19.0. The van der Waals surface area contributed by atoms with Crippen LogP contribution in [0.3, 0.4) is 0 Å². The number of nitrogens with one attached hydrogen (secondary N) is 2. The number of carbonyl (C=O) groups is 3. The molecule has 2 unspecified atom stereocenters. The smallest absolute Gasteiger partial charge is 0.268 e. The van der Waals surface area contributed by atoms with Crippen molar-refractivity contribution in [1.29, 1.82) is 0 Å². The number of thioether (sulfide) groups is 1. The standard InChI is InChI=1S/C47H63Cl2N5O6S2/c1-8-11-12-13-14-15-16-17-18-19-23-39(60-33-24-25-38(55)35(28-33)47(4,5)6)44(57)50-32-22-20-21-31(27-32)43(56)51-42-41(62-46(61)53(10-3)26-9-2)45(58)54(52-42)40-36(48)29-34(59-7)30-37(40)49/h20-22,24-25,27-30,39,41,55H,8-19,23,26H2,1-7H3,(H,50,57)(H,51,52,56). The summed E-state index contributed by atoms with van der Waals surface area (Å²) >= 11 is 20.1. The number of anilines is 2. The molecule has 3 N–H and O–H groups in total. The van der Waals surface area contributed by atoms with Gasteiger partial charge in [0.05, 0.1) is 17.2 Å². The van der Waals surface area contributed by atoms with Crippen molar-refractivity contribution in [1.82, 2.24) is 10.2 Å². The number of phenolic OH excluding ortho intramolecular Hbond substituents is 1. The number of rotatable bonds is 22. The Labute approximate surface area is 387 Å². The summed E-state index contributed by atoms with van der Waals surface area (Å²) < 4.78 is 12.1. The maximum Gasteiger partial charge on any atom is 0.268 e. The number of hydrogen-bond donors (Lipinski definition) is 3. The Bertz CT molecular complexity index is 2020. The van der Waals surface area contributed by atoms with E-state index in [1.54, 1.807) is 42.5 Å². The van der Waals surface area contributed by atoms with Crippen LogP contribution in [0.2, 0.25) is 10.0 Å². The Hall–Kier alpha value is -4.04. The topological polar surface area (TPSA) is 133 Å². The van der Waals surface area contributed by atoms with Crippen LogP contribution in [0.1, 0.15) is 135 Å². The summed E-state index contributed by atoms with van der Waals surface area (Å²) in [5.74, 6) is -0.326. The fraction of sp³-hybridized carbons (Fsp3) is 0.511. The number of nitrogens with zero attached hydrogens (tertiary/aromatic N) is 3. The minimum absolute atomic E-state index is 0.0470. The number of amides is 3. The molecule has 338 valence electrons. The van der Waals surface area contributed by atoms with Gasteiger partial charge in [-0.2, -0.15) is 5.01 Å². The van der Waals surface area contributed by atoms with E-state index in [4.69, 9.17) is 44.9 Å². The van der Waals surface area contributed by atoms with Crippen LogP contribution in [0.15, 0.2) is 59.7 Å². The van der Waals surface area contributed by atoms with Gasteiger partial charge in [0.15, 0.2) is 17.2 Å². The van der Waals surface area contributed by atoms with Crippen molar-refractivity contribution in [3.8, 4) is 17.2 Å². The normalized spacial score (nSPS) is 14.3. The number of ether oxygens (including phenoxy) is 2. The monoisotopic (exact) mass is 927 g/mol. The van der Waals surface area contributed by atoms with E-state index >= 15 is 0 Å². The third kappa shape index (κ3) is 14.5. The Morgan fingerprint density at radius 3 is 2.15 bits per heavy atom. The predicted octanol–water partition coefficient (Wildman–Crippen LogP) is 11.9. The van der Waals surface area contributed by atoms with E-state index in [-0.39, 0.29) is 44.2 Å². The first-order chi connectivity index (χ1) is 29.6. The fourth-order valence-corrected chi connectivity index (χ4v) is 9.17. The molecular formula is C47H63Cl2N5O6S2. The van der Waals surface area contributed by atoms with Gasteiger partial charge in [0.2, 0.25) is 0 Å². The van der Waals surface area contributed by atoms with Gasteiger partial charge in [0.1, 0.15) is 27.3 Å². The summed E-state index contributed by atoms with van der Waals surface area (Å²) in [7, 11) is 1.48. The van der Waals surface area contributed by atoms with Crippen LogP contribution in [-0.2, 0) is 15.0 Å². The molecule has 3 aromatic carbocycles. The Balaban J connectivity index is 1.54. The average molecular weight is 929 g/mol. The summed E-state index contributed by atoms with van der Waals surface area (Å²) in [6.07, 6.45) is 12.1. The van der Waals surface area contributed by atoms with E-state index in [1.165, 1.54) is 57.8 Å². The molecule has 15 heteroatoms. The number of hydrogen-bond acceptors (Lipinski definition) is 9. The minimum atomic E-state index is -1.02. The molecule has 0 aliphatic carbocycles. The van der Waals surface area contributed by atoms with E-state index in [1.807, 2.05) is 39.5 Å². The Morgan fingerprint density at radius 2 is 1.55 bits per heavy atom. The van der Waals surface area contributed by atoms with E-state index < -0.39 is 23.2 Å². The number of aromatic hydroxyl groups is 1. The lowest BCUT2D eigenvalue weighted by atomic mass is 9.86. The summed E-state index contributed by atoms with van der Waals surface area (Å²) in [6, 6.07) is 14.6. The average Bonchev–Trinajstić information content (AvgIpc) is 3.52. The molecule has 62 heavy (non-hydrogen) atoms. The lowest BCUT2D eigenvalue weighted by molar-refractivity contribution is -0.123. The highest BCUT2D eigenvalue weighted by Crippen LogP contribution is 2.41. The van der Waals surface area contributed by atoms with Crippen molar-refractivity contribution in [2.75, 3.05) is 30.5 Å². The molecule has 1 aliphatic rings. The first-order valence-corrected chi connectivity index (χ1v) is 23.8. The molecule has 0 radical (unpaired) electrons. The lowest BCUT2D eigenvalue weighted by Gasteiger charge is -2.24. The fourth-order valence-electron chi connectivity index (χ4n) is 7.04. The number of hydrazone groups is 1. The van der Waals surface area contributed by atoms with Gasteiger partial charge in [-0.3, -0.25) is 14.4 Å². The van der Waals surface area contributed by atoms with Gasteiger partial charge in [-0.05, 0) is 68.0 Å². The SMILES string of the molecule is CCCCCCCCCCCCC(Oc1ccc(O)c(C(C)(C)C)c1)C(=O)Nc1cccc(C(=O)NC2=NN(c3c(Cl)cc(OC)cc3Cl)C(=O)C2SC(=S)N(CC)CCC)c1. The largest absolute Gasteiger partial charge is 0.508 e.